The van der Waals surface area contributed by atoms with Gasteiger partial charge in [-0.25, -0.2) is 13.2 Å². The van der Waals surface area contributed by atoms with Crippen molar-refractivity contribution in [2.45, 2.75) is 30.5 Å². The highest BCUT2D eigenvalue weighted by atomic mass is 32.2. The van der Waals surface area contributed by atoms with E-state index in [1.54, 1.807) is 47.2 Å². The van der Waals surface area contributed by atoms with Crippen molar-refractivity contribution >= 4 is 60.8 Å². The van der Waals surface area contributed by atoms with Gasteiger partial charge < -0.3 is 14.0 Å². The van der Waals surface area contributed by atoms with Gasteiger partial charge in [0.15, 0.2) is 4.80 Å². The third-order valence-electron chi connectivity index (χ3n) is 5.72. The Morgan fingerprint density at radius 1 is 1.22 bits per heavy atom. The Labute approximate surface area is 215 Å². The van der Waals surface area contributed by atoms with Crippen molar-refractivity contribution < 1.29 is 32.3 Å². The monoisotopic (exact) mass is 551 g/mol. The predicted molar refractivity (Wildman–Crippen MR) is 134 cm³/mol. The molecule has 1 aliphatic heterocycles. The van der Waals surface area contributed by atoms with E-state index in [9.17, 15) is 22.8 Å². The molecule has 13 heteroatoms. The number of aromatic nitrogens is 1. The molecule has 1 fully saturated rings. The summed E-state index contributed by atoms with van der Waals surface area (Å²) < 4.78 is 39.5. The number of benzene rings is 1. The first-order valence-electron chi connectivity index (χ1n) is 11.2. The molecule has 10 nitrogen and oxygen atoms in total. The van der Waals surface area contributed by atoms with Gasteiger partial charge in [-0.15, -0.1) is 11.3 Å². The largest absolute Gasteiger partial charge is 0.465 e. The molecule has 4 rings (SSSR count). The van der Waals surface area contributed by atoms with Gasteiger partial charge in [0.1, 0.15) is 10.8 Å². The van der Waals surface area contributed by atoms with Crippen molar-refractivity contribution in [1.29, 1.82) is 0 Å². The van der Waals surface area contributed by atoms with E-state index in [1.807, 2.05) is 0 Å². The lowest BCUT2D eigenvalue weighted by atomic mass is 9.99. The van der Waals surface area contributed by atoms with Gasteiger partial charge in [-0.1, -0.05) is 17.4 Å². The number of carbonyl (C=O) groups is 3. The van der Waals surface area contributed by atoms with Crippen LogP contribution in [0.25, 0.3) is 10.2 Å². The Hall–Kier alpha value is -2.87. The van der Waals surface area contributed by atoms with Gasteiger partial charge in [0.2, 0.25) is 0 Å². The molecule has 1 saturated heterocycles. The number of piperidine rings is 1. The summed E-state index contributed by atoms with van der Waals surface area (Å²) in [5.74, 6) is -2.07. The average Bonchev–Trinajstić information content (AvgIpc) is 3.53. The average molecular weight is 552 g/mol. The third-order valence-corrected chi connectivity index (χ3v) is 10.0. The Morgan fingerprint density at radius 2 is 2.03 bits per heavy atom. The molecule has 0 saturated carbocycles. The highest BCUT2D eigenvalue weighted by molar-refractivity contribution is 7.91. The first kappa shape index (κ1) is 26.2. The molecule has 1 aromatic carbocycles. The minimum Gasteiger partial charge on any atom is -0.465 e. The summed E-state index contributed by atoms with van der Waals surface area (Å²) in [4.78, 5) is 42.0. The van der Waals surface area contributed by atoms with E-state index < -0.39 is 33.8 Å². The highest BCUT2D eigenvalue weighted by Crippen LogP contribution is 2.27. The maximum atomic E-state index is 13.2. The molecule has 1 unspecified atom stereocenters. The van der Waals surface area contributed by atoms with Crippen LogP contribution in [0.4, 0.5) is 0 Å². The zero-order chi connectivity index (χ0) is 25.9. The lowest BCUT2D eigenvalue weighted by molar-refractivity contribution is -0.143. The van der Waals surface area contributed by atoms with Gasteiger partial charge in [-0.05, 0) is 49.4 Å². The first-order chi connectivity index (χ1) is 17.2. The lowest BCUT2D eigenvalue weighted by Crippen LogP contribution is -2.42. The number of methoxy groups -OCH3 is 1. The SMILES string of the molecule is CCOC(=O)Cn1c(=NC(=O)C2CCCN(S(=O)(=O)c3cccs3)C2)sc2cc(C(=O)OC)ccc21. The molecule has 2 aromatic heterocycles. The minimum atomic E-state index is -3.67. The number of nitrogens with zero attached hydrogens (tertiary/aromatic N) is 3. The van der Waals surface area contributed by atoms with Crippen molar-refractivity contribution in [3.05, 3.63) is 46.1 Å². The molecule has 0 radical (unpaired) electrons. The number of sulfonamides is 1. The van der Waals surface area contributed by atoms with Crippen LogP contribution in [0.1, 0.15) is 30.1 Å². The van der Waals surface area contributed by atoms with E-state index in [2.05, 4.69) is 4.99 Å². The van der Waals surface area contributed by atoms with E-state index in [4.69, 9.17) is 9.47 Å². The second-order valence-corrected chi connectivity index (χ2v) is 12.2. The molecule has 3 heterocycles. The number of thiazole rings is 1. The summed E-state index contributed by atoms with van der Waals surface area (Å²) in [5, 5.41) is 1.70. The first-order valence-corrected chi connectivity index (χ1v) is 14.4. The molecule has 36 heavy (non-hydrogen) atoms. The molecule has 3 aromatic rings. The fourth-order valence-corrected chi connectivity index (χ4v) is 7.72. The zero-order valence-corrected chi connectivity index (χ0v) is 22.2. The molecule has 0 N–H and O–H groups in total. The summed E-state index contributed by atoms with van der Waals surface area (Å²) in [5.41, 5.74) is 0.937. The second-order valence-electron chi connectivity index (χ2n) is 8.03. The number of thiophene rings is 1. The molecule has 0 aliphatic carbocycles. The van der Waals surface area contributed by atoms with Gasteiger partial charge in [-0.2, -0.15) is 9.30 Å². The van der Waals surface area contributed by atoms with Crippen molar-refractivity contribution in [3.63, 3.8) is 0 Å². The smallest absolute Gasteiger partial charge is 0.337 e. The van der Waals surface area contributed by atoms with E-state index in [-0.39, 0.29) is 28.7 Å². The molecule has 0 bridgehead atoms. The fraction of sp³-hybridized carbons (Fsp3) is 0.391. The molecular formula is C23H25N3O7S3. The standard InChI is InChI=1S/C23H25N3O7S3/c1-3-33-19(27)14-26-17-9-8-15(22(29)32-2)12-18(17)35-23(26)24-21(28)16-6-4-10-25(13-16)36(30,31)20-7-5-11-34-20/h5,7-9,11-12,16H,3-4,6,10,13-14H2,1-2H3. The van der Waals surface area contributed by atoms with Crippen LogP contribution in [0.15, 0.2) is 44.9 Å². The van der Waals surface area contributed by atoms with Crippen LogP contribution in [-0.2, 0) is 35.6 Å². The van der Waals surface area contributed by atoms with Crippen LogP contribution in [0.5, 0.6) is 0 Å². The number of esters is 2. The van der Waals surface area contributed by atoms with Crippen molar-refractivity contribution in [2.24, 2.45) is 10.9 Å². The molecule has 192 valence electrons. The van der Waals surface area contributed by atoms with Crippen LogP contribution in [-0.4, -0.2) is 61.9 Å². The molecule has 0 spiro atoms. The molecule has 1 atom stereocenters. The van der Waals surface area contributed by atoms with Crippen molar-refractivity contribution in [2.75, 3.05) is 26.8 Å². The van der Waals surface area contributed by atoms with E-state index in [0.29, 0.717) is 35.2 Å². The Bertz CT molecular complexity index is 1460. The summed E-state index contributed by atoms with van der Waals surface area (Å²) >= 11 is 2.29. The quantitative estimate of drug-likeness (QED) is 0.414. The van der Waals surface area contributed by atoms with Crippen LogP contribution in [0, 0.1) is 5.92 Å². The van der Waals surface area contributed by atoms with Crippen molar-refractivity contribution in [1.82, 2.24) is 8.87 Å². The van der Waals surface area contributed by atoms with E-state index in [0.717, 1.165) is 22.7 Å². The number of fused-ring (bicyclic) bond motifs is 1. The Kier molecular flexibility index (Phi) is 8.03. The fourth-order valence-electron chi connectivity index (χ4n) is 3.98. The maximum Gasteiger partial charge on any atom is 0.337 e. The number of amides is 1. The second kappa shape index (κ2) is 11.0. The van der Waals surface area contributed by atoms with Crippen LogP contribution >= 0.6 is 22.7 Å². The van der Waals surface area contributed by atoms with Crippen molar-refractivity contribution in [3.8, 4) is 0 Å². The van der Waals surface area contributed by atoms with Gasteiger partial charge in [0.25, 0.3) is 15.9 Å². The van der Waals surface area contributed by atoms with Gasteiger partial charge in [0, 0.05) is 13.1 Å². The number of hydrogen-bond acceptors (Lipinski definition) is 9. The summed E-state index contributed by atoms with van der Waals surface area (Å²) in [7, 11) is -2.39. The van der Waals surface area contributed by atoms with Crippen LogP contribution in [0.2, 0.25) is 0 Å². The van der Waals surface area contributed by atoms with Gasteiger partial charge in [-0.3, -0.25) is 9.59 Å². The third kappa shape index (κ3) is 5.43. The number of carbonyl (C=O) groups excluding carboxylic acids is 3. The molecule has 1 aliphatic rings. The molecular weight excluding hydrogens is 526 g/mol. The number of rotatable bonds is 7. The predicted octanol–water partition coefficient (Wildman–Crippen LogP) is 2.64. The van der Waals surface area contributed by atoms with E-state index >= 15 is 0 Å². The number of ether oxygens (including phenoxy) is 2. The Morgan fingerprint density at radius 3 is 2.72 bits per heavy atom. The van der Waals surface area contributed by atoms with Crippen LogP contribution in [0.3, 0.4) is 0 Å². The summed E-state index contributed by atoms with van der Waals surface area (Å²) in [6.07, 6.45) is 1.04. The number of hydrogen-bond donors (Lipinski definition) is 0. The maximum absolute atomic E-state index is 13.2. The summed E-state index contributed by atoms with van der Waals surface area (Å²) in [6.45, 7) is 2.12. The topological polar surface area (TPSA) is 124 Å². The highest BCUT2D eigenvalue weighted by Gasteiger charge is 2.34. The van der Waals surface area contributed by atoms with E-state index in [1.165, 1.54) is 11.4 Å². The summed E-state index contributed by atoms with van der Waals surface area (Å²) in [6, 6.07) is 8.08. The Balaban J connectivity index is 1.68. The van der Waals surface area contributed by atoms with Gasteiger partial charge in [0.05, 0.1) is 35.4 Å². The lowest BCUT2D eigenvalue weighted by Gasteiger charge is -2.29. The van der Waals surface area contributed by atoms with Gasteiger partial charge >= 0.3 is 11.9 Å². The molecule has 1 amide bonds. The minimum absolute atomic E-state index is 0.0395. The normalized spacial score (nSPS) is 17.3. The van der Waals surface area contributed by atoms with Crippen LogP contribution < -0.4 is 4.80 Å². The zero-order valence-electron chi connectivity index (χ0n) is 19.7.